The van der Waals surface area contributed by atoms with Crippen molar-refractivity contribution in [3.8, 4) is 11.8 Å². The number of rotatable bonds is 5. The molecule has 1 aromatic heterocycles. The maximum Gasteiger partial charge on any atom is 0.249 e. The van der Waals surface area contributed by atoms with E-state index in [2.05, 4.69) is 9.97 Å². The first-order valence-corrected chi connectivity index (χ1v) is 9.32. The average Bonchev–Trinajstić information content (AvgIpc) is 2.62. The van der Waals surface area contributed by atoms with Gasteiger partial charge in [0.05, 0.1) is 26.0 Å². The molecule has 0 N–H and O–H groups in total. The molecule has 0 radical (unpaired) electrons. The Hall–Kier alpha value is -2.33. The lowest BCUT2D eigenvalue weighted by atomic mass is 10.1. The van der Waals surface area contributed by atoms with Gasteiger partial charge in [-0.2, -0.15) is 9.29 Å². The molecule has 1 aliphatic rings. The number of halogens is 2. The Morgan fingerprint density at radius 2 is 1.88 bits per heavy atom. The van der Waals surface area contributed by atoms with Gasteiger partial charge in [0.15, 0.2) is 4.90 Å². The van der Waals surface area contributed by atoms with Gasteiger partial charge < -0.3 is 9.47 Å². The summed E-state index contributed by atoms with van der Waals surface area (Å²) in [5.74, 6) is -1.79. The fraction of sp³-hybridized carbons (Fsp3) is 0.375. The summed E-state index contributed by atoms with van der Waals surface area (Å²) in [6, 6.07) is 2.95. The number of nitrogens with zero attached hydrogens (tertiary/aromatic N) is 3. The van der Waals surface area contributed by atoms with Crippen molar-refractivity contribution >= 4 is 10.0 Å². The van der Waals surface area contributed by atoms with E-state index in [1.807, 2.05) is 0 Å². The van der Waals surface area contributed by atoms with Crippen LogP contribution in [0.4, 0.5) is 8.78 Å². The summed E-state index contributed by atoms with van der Waals surface area (Å²) in [6.45, 7) is 0.106. The second kappa shape index (κ2) is 7.50. The van der Waals surface area contributed by atoms with Gasteiger partial charge in [0, 0.05) is 6.54 Å². The fourth-order valence-corrected chi connectivity index (χ4v) is 4.35. The summed E-state index contributed by atoms with van der Waals surface area (Å²) in [5, 5.41) is 0. The highest BCUT2D eigenvalue weighted by molar-refractivity contribution is 7.89. The summed E-state index contributed by atoms with van der Waals surface area (Å²) < 4.78 is 64.8. The molecule has 2 aromatic rings. The normalized spacial score (nSPS) is 18.5. The molecule has 3 rings (SSSR count). The average molecular weight is 385 g/mol. The van der Waals surface area contributed by atoms with E-state index in [0.717, 1.165) is 22.5 Å². The number of sulfonamides is 1. The van der Waals surface area contributed by atoms with Crippen LogP contribution in [0.2, 0.25) is 0 Å². The van der Waals surface area contributed by atoms with Gasteiger partial charge in [-0.25, -0.2) is 17.2 Å². The zero-order valence-corrected chi connectivity index (χ0v) is 14.7. The molecule has 0 spiro atoms. The molecular weight excluding hydrogens is 368 g/mol. The van der Waals surface area contributed by atoms with Crippen molar-refractivity contribution in [2.75, 3.05) is 20.2 Å². The summed E-state index contributed by atoms with van der Waals surface area (Å²) in [5.41, 5.74) is 0. The largest absolute Gasteiger partial charge is 0.480 e. The molecule has 0 aliphatic carbocycles. The van der Waals surface area contributed by atoms with Crippen LogP contribution in [-0.4, -0.2) is 49.0 Å². The predicted molar refractivity (Wildman–Crippen MR) is 87.4 cm³/mol. The first-order valence-electron chi connectivity index (χ1n) is 7.88. The highest BCUT2D eigenvalue weighted by atomic mass is 32.2. The topological polar surface area (TPSA) is 81.6 Å². The number of ether oxygens (including phenoxy) is 2. The zero-order valence-electron chi connectivity index (χ0n) is 13.9. The van der Waals surface area contributed by atoms with Crippen molar-refractivity contribution in [1.82, 2.24) is 14.3 Å². The van der Waals surface area contributed by atoms with Crippen LogP contribution >= 0.6 is 0 Å². The molecular formula is C16H17F2N3O4S. The van der Waals surface area contributed by atoms with E-state index in [1.165, 1.54) is 19.5 Å². The molecule has 1 fully saturated rings. The van der Waals surface area contributed by atoms with Crippen LogP contribution in [0.25, 0.3) is 0 Å². The fourth-order valence-electron chi connectivity index (χ4n) is 2.73. The van der Waals surface area contributed by atoms with Crippen LogP contribution in [0.3, 0.4) is 0 Å². The quantitative estimate of drug-likeness (QED) is 0.783. The van der Waals surface area contributed by atoms with Gasteiger partial charge in [-0.1, -0.05) is 6.07 Å². The molecule has 140 valence electrons. The Labute approximate surface area is 149 Å². The Morgan fingerprint density at radius 3 is 2.58 bits per heavy atom. The predicted octanol–water partition coefficient (Wildman–Crippen LogP) is 2.00. The smallest absolute Gasteiger partial charge is 0.249 e. The van der Waals surface area contributed by atoms with E-state index in [9.17, 15) is 17.2 Å². The van der Waals surface area contributed by atoms with Gasteiger partial charge in [0.25, 0.3) is 0 Å². The second-order valence-corrected chi connectivity index (χ2v) is 7.57. The minimum atomic E-state index is -4.32. The molecule has 1 aliphatic heterocycles. The van der Waals surface area contributed by atoms with Crippen molar-refractivity contribution in [1.29, 1.82) is 0 Å². The summed E-state index contributed by atoms with van der Waals surface area (Å²) in [4.78, 5) is 7.04. The number of aromatic nitrogens is 2. The number of benzene rings is 1. The molecule has 1 saturated heterocycles. The lowest BCUT2D eigenvalue weighted by Gasteiger charge is -2.31. The van der Waals surface area contributed by atoms with Crippen molar-refractivity contribution in [3.05, 3.63) is 42.2 Å². The lowest BCUT2D eigenvalue weighted by molar-refractivity contribution is 0.123. The second-order valence-electron chi connectivity index (χ2n) is 5.70. The van der Waals surface area contributed by atoms with Gasteiger partial charge in [0.2, 0.25) is 21.8 Å². The Balaban J connectivity index is 1.79. The van der Waals surface area contributed by atoms with Crippen LogP contribution in [0.15, 0.2) is 35.5 Å². The SMILES string of the molecule is COc1cncc(OC2CCCN(S(=O)(=O)c3c(F)cccc3F)C2)n1. The van der Waals surface area contributed by atoms with Crippen LogP contribution in [0, 0.1) is 11.6 Å². The van der Waals surface area contributed by atoms with Crippen molar-refractivity contribution in [2.45, 2.75) is 23.8 Å². The van der Waals surface area contributed by atoms with Crippen molar-refractivity contribution in [2.24, 2.45) is 0 Å². The highest BCUT2D eigenvalue weighted by Crippen LogP contribution is 2.26. The lowest BCUT2D eigenvalue weighted by Crippen LogP contribution is -2.44. The van der Waals surface area contributed by atoms with Crippen LogP contribution in [0.5, 0.6) is 11.8 Å². The molecule has 0 bridgehead atoms. The molecule has 7 nitrogen and oxygen atoms in total. The van der Waals surface area contributed by atoms with E-state index < -0.39 is 32.7 Å². The van der Waals surface area contributed by atoms with Gasteiger partial charge in [-0.05, 0) is 25.0 Å². The van der Waals surface area contributed by atoms with E-state index in [-0.39, 0.29) is 24.8 Å². The number of hydrogen-bond acceptors (Lipinski definition) is 6. The molecule has 10 heteroatoms. The maximum atomic E-state index is 13.9. The monoisotopic (exact) mass is 385 g/mol. The number of piperidine rings is 1. The number of methoxy groups -OCH3 is 1. The molecule has 0 saturated carbocycles. The zero-order chi connectivity index (χ0) is 18.7. The molecule has 1 aromatic carbocycles. The first-order chi connectivity index (χ1) is 12.4. The van der Waals surface area contributed by atoms with Crippen molar-refractivity contribution < 1.29 is 26.7 Å². The van der Waals surface area contributed by atoms with E-state index in [0.29, 0.717) is 12.8 Å². The third-order valence-corrected chi connectivity index (χ3v) is 5.86. The Kier molecular flexibility index (Phi) is 5.33. The minimum absolute atomic E-state index is 0.0466. The Morgan fingerprint density at radius 1 is 1.19 bits per heavy atom. The standard InChI is InChI=1S/C16H17F2N3O4S/c1-24-14-8-19-9-15(20-14)25-11-4-3-7-21(10-11)26(22,23)16-12(17)5-2-6-13(16)18/h2,5-6,8-9,11H,3-4,7,10H2,1H3. The Bertz CT molecular complexity index is 875. The van der Waals surface area contributed by atoms with E-state index >= 15 is 0 Å². The maximum absolute atomic E-state index is 13.9. The third-order valence-electron chi connectivity index (χ3n) is 3.94. The minimum Gasteiger partial charge on any atom is -0.480 e. The van der Waals surface area contributed by atoms with Gasteiger partial charge in [-0.3, -0.25) is 4.98 Å². The highest BCUT2D eigenvalue weighted by Gasteiger charge is 2.35. The van der Waals surface area contributed by atoms with Crippen LogP contribution in [0.1, 0.15) is 12.8 Å². The molecule has 1 atom stereocenters. The third kappa shape index (κ3) is 3.75. The van der Waals surface area contributed by atoms with Crippen LogP contribution in [-0.2, 0) is 10.0 Å². The summed E-state index contributed by atoms with van der Waals surface area (Å²) in [7, 11) is -2.88. The van der Waals surface area contributed by atoms with E-state index in [4.69, 9.17) is 9.47 Å². The molecule has 0 amide bonds. The summed E-state index contributed by atoms with van der Waals surface area (Å²) in [6.07, 6.45) is 3.33. The van der Waals surface area contributed by atoms with E-state index in [1.54, 1.807) is 0 Å². The van der Waals surface area contributed by atoms with Crippen LogP contribution < -0.4 is 9.47 Å². The van der Waals surface area contributed by atoms with Gasteiger partial charge in [-0.15, -0.1) is 0 Å². The number of hydrogen-bond donors (Lipinski definition) is 0. The molecule has 1 unspecified atom stereocenters. The first kappa shape index (κ1) is 18.5. The van der Waals surface area contributed by atoms with Gasteiger partial charge in [0.1, 0.15) is 17.7 Å². The van der Waals surface area contributed by atoms with Gasteiger partial charge >= 0.3 is 0 Å². The molecule has 2 heterocycles. The summed E-state index contributed by atoms with van der Waals surface area (Å²) >= 11 is 0. The molecule has 26 heavy (non-hydrogen) atoms. The van der Waals surface area contributed by atoms with Crippen molar-refractivity contribution in [3.63, 3.8) is 0 Å².